The van der Waals surface area contributed by atoms with E-state index in [0.717, 1.165) is 68.6 Å². The second-order valence-corrected chi connectivity index (χ2v) is 36.9. The van der Waals surface area contributed by atoms with Crippen LogP contribution >= 0.6 is 0 Å². The maximum atomic E-state index is 2.64. The molecule has 3 aromatic heterocycles. The molecule has 6 heteroatoms. The van der Waals surface area contributed by atoms with Crippen LogP contribution in [0.5, 0.6) is 0 Å². The van der Waals surface area contributed by atoms with E-state index in [-0.39, 0.29) is 39.2 Å². The Morgan fingerprint density at radius 3 is 0.991 bits per heavy atom. The number of nitrogens with zero attached hydrogens (tertiary/aromatic N) is 5. The molecule has 0 N–H and O–H groups in total. The molecule has 0 amide bonds. The van der Waals surface area contributed by atoms with E-state index < -0.39 is 0 Å². The molecule has 16 aromatic rings. The summed E-state index contributed by atoms with van der Waals surface area (Å²) in [4.78, 5) is 5.27. The van der Waals surface area contributed by atoms with Crippen molar-refractivity contribution in [3.05, 3.63) is 300 Å². The van der Waals surface area contributed by atoms with Crippen molar-refractivity contribution in [1.82, 2.24) is 13.7 Å². The van der Waals surface area contributed by atoms with Crippen LogP contribution in [0, 0.1) is 0 Å². The minimum absolute atomic E-state index is 0.0416. The van der Waals surface area contributed by atoms with Gasteiger partial charge in [0, 0.05) is 77.8 Å². The van der Waals surface area contributed by atoms with Gasteiger partial charge in [0.2, 0.25) is 0 Å². The Bertz CT molecular complexity index is 6200. The highest BCUT2D eigenvalue weighted by molar-refractivity contribution is 7.00. The lowest BCUT2D eigenvalue weighted by Gasteiger charge is -2.44. The Morgan fingerprint density at radius 1 is 0.259 bits per heavy atom. The van der Waals surface area contributed by atoms with Crippen molar-refractivity contribution in [2.45, 2.75) is 156 Å². The van der Waals surface area contributed by atoms with Crippen LogP contribution in [0.3, 0.4) is 0 Å². The van der Waals surface area contributed by atoms with Gasteiger partial charge in [0.25, 0.3) is 6.71 Å². The first-order valence-electron chi connectivity index (χ1n) is 39.2. The molecular weight excluding hydrogens is 1310 g/mol. The van der Waals surface area contributed by atoms with Crippen molar-refractivity contribution in [2.75, 3.05) is 9.80 Å². The molecule has 108 heavy (non-hydrogen) atoms. The normalized spacial score (nSPS) is 14.9. The standard InChI is InChI=1S/C102H96BN5/c1-97(2,3)67-35-48-88-78(55-67)79-56-68(98(4,5)6)36-49-89(79)106(88)73-43-46-84-92(59-73)104(71-39-30-64(31-40-71)63-24-18-17-19-25-63)94-61-75(108-86-28-22-20-26-76(86)77-27-21-23-29-87(77)108)62-95-96(94)103(84)85-47-44-74(107-90-50-37-69(99(7,8)9)57-80(90)81-58-70(100(10,11)12)38-51-91(81)107)60-93(85)105(95)72-41-32-65(33-42-72)66-34-45-82-83(54-66)102(15,16)53-52-101(82,13)14/h17-51,54-62H,52-53H2,1-16H3. The number of anilines is 6. The van der Waals surface area contributed by atoms with Crippen molar-refractivity contribution < 1.29 is 0 Å². The molecule has 0 radical (unpaired) electrons. The van der Waals surface area contributed by atoms with Crippen LogP contribution < -0.4 is 26.2 Å². The molecule has 0 unspecified atom stereocenters. The predicted octanol–water partition coefficient (Wildman–Crippen LogP) is 25.9. The number of aromatic nitrogens is 3. The first kappa shape index (κ1) is 67.5. The molecule has 13 aromatic carbocycles. The van der Waals surface area contributed by atoms with E-state index in [1.807, 2.05) is 0 Å². The molecule has 0 saturated carbocycles. The fourth-order valence-corrected chi connectivity index (χ4v) is 18.6. The van der Waals surface area contributed by atoms with Gasteiger partial charge < -0.3 is 23.5 Å². The lowest BCUT2D eigenvalue weighted by atomic mass is 9.33. The van der Waals surface area contributed by atoms with Crippen molar-refractivity contribution in [3.63, 3.8) is 0 Å². The van der Waals surface area contributed by atoms with Crippen molar-refractivity contribution in [3.8, 4) is 39.3 Å². The van der Waals surface area contributed by atoms with E-state index in [0.29, 0.717) is 0 Å². The Labute approximate surface area is 637 Å². The summed E-state index contributed by atoms with van der Waals surface area (Å²) >= 11 is 0. The molecule has 0 bridgehead atoms. The highest BCUT2D eigenvalue weighted by Gasteiger charge is 2.45. The highest BCUT2D eigenvalue weighted by atomic mass is 15.2. The highest BCUT2D eigenvalue weighted by Crippen LogP contribution is 2.52. The van der Waals surface area contributed by atoms with Gasteiger partial charge in [-0.15, -0.1) is 0 Å². The molecule has 0 atom stereocenters. The second-order valence-electron chi connectivity index (χ2n) is 36.9. The Morgan fingerprint density at radius 2 is 0.583 bits per heavy atom. The van der Waals surface area contributed by atoms with Gasteiger partial charge in [-0.1, -0.05) is 256 Å². The van der Waals surface area contributed by atoms with Gasteiger partial charge in [-0.3, -0.25) is 0 Å². The van der Waals surface area contributed by atoms with Crippen LogP contribution in [0.1, 0.15) is 157 Å². The van der Waals surface area contributed by atoms with Gasteiger partial charge in [0.15, 0.2) is 0 Å². The molecule has 19 rings (SSSR count). The zero-order chi connectivity index (χ0) is 74.6. The van der Waals surface area contributed by atoms with E-state index in [2.05, 4.69) is 401 Å². The maximum Gasteiger partial charge on any atom is 0.252 e. The number of hydrogen-bond donors (Lipinski definition) is 0. The summed E-state index contributed by atoms with van der Waals surface area (Å²) < 4.78 is 7.65. The number of benzene rings is 13. The first-order chi connectivity index (χ1) is 51.6. The first-order valence-corrected chi connectivity index (χ1v) is 39.2. The summed E-state index contributed by atoms with van der Waals surface area (Å²) in [6.45, 7) is 37.6. The van der Waals surface area contributed by atoms with E-state index in [9.17, 15) is 0 Å². The Balaban J connectivity index is 0.918. The lowest BCUT2D eigenvalue weighted by Crippen LogP contribution is -2.61. The van der Waals surface area contributed by atoms with Crippen LogP contribution in [0.4, 0.5) is 34.1 Å². The third kappa shape index (κ3) is 10.6. The van der Waals surface area contributed by atoms with Gasteiger partial charge in [0.05, 0.1) is 38.8 Å². The summed E-state index contributed by atoms with van der Waals surface area (Å²) in [7, 11) is 0. The van der Waals surface area contributed by atoms with Crippen LogP contribution in [0.25, 0.3) is 105 Å². The van der Waals surface area contributed by atoms with Gasteiger partial charge in [-0.25, -0.2) is 0 Å². The lowest BCUT2D eigenvalue weighted by molar-refractivity contribution is 0.332. The molecule has 1 aliphatic carbocycles. The largest absolute Gasteiger partial charge is 0.311 e. The Hall–Kier alpha value is -11.1. The third-order valence-electron chi connectivity index (χ3n) is 24.9. The van der Waals surface area contributed by atoms with Gasteiger partial charge in [-0.05, 0) is 239 Å². The van der Waals surface area contributed by atoms with Crippen molar-refractivity contribution >= 4 is 123 Å². The molecule has 5 heterocycles. The van der Waals surface area contributed by atoms with Crippen molar-refractivity contribution in [2.24, 2.45) is 0 Å². The average molecular weight is 1400 g/mol. The molecular formula is C102H96BN5. The third-order valence-corrected chi connectivity index (χ3v) is 24.9. The van der Waals surface area contributed by atoms with E-state index in [1.165, 1.54) is 133 Å². The summed E-state index contributed by atoms with van der Waals surface area (Å²) in [5.41, 5.74) is 34.1. The molecule has 532 valence electrons. The molecule has 0 saturated heterocycles. The number of hydrogen-bond acceptors (Lipinski definition) is 2. The zero-order valence-corrected chi connectivity index (χ0v) is 65.6. The minimum atomic E-state index is -0.197. The van der Waals surface area contributed by atoms with E-state index >= 15 is 0 Å². The van der Waals surface area contributed by atoms with Crippen LogP contribution in [-0.2, 0) is 32.5 Å². The number of para-hydroxylation sites is 2. The van der Waals surface area contributed by atoms with E-state index in [4.69, 9.17) is 0 Å². The predicted molar refractivity (Wildman–Crippen MR) is 464 cm³/mol. The monoisotopic (exact) mass is 1400 g/mol. The smallest absolute Gasteiger partial charge is 0.252 e. The van der Waals surface area contributed by atoms with E-state index in [1.54, 1.807) is 0 Å². The second kappa shape index (κ2) is 23.7. The molecule has 0 spiro atoms. The van der Waals surface area contributed by atoms with Gasteiger partial charge >= 0.3 is 0 Å². The van der Waals surface area contributed by atoms with Crippen LogP contribution in [0.15, 0.2) is 267 Å². The fraction of sp³-hybridized carbons (Fsp3) is 0.235. The topological polar surface area (TPSA) is 21.3 Å². The number of rotatable bonds is 7. The van der Waals surface area contributed by atoms with Crippen LogP contribution in [0.2, 0.25) is 0 Å². The Kier molecular flexibility index (Phi) is 14.8. The molecule has 3 aliphatic rings. The molecule has 2 aliphatic heterocycles. The zero-order valence-electron chi connectivity index (χ0n) is 65.6. The molecule has 5 nitrogen and oxygen atoms in total. The van der Waals surface area contributed by atoms with Gasteiger partial charge in [-0.2, -0.15) is 0 Å². The summed E-state index contributed by atoms with van der Waals surface area (Å²) in [6.07, 6.45) is 2.34. The fourth-order valence-electron chi connectivity index (χ4n) is 18.6. The summed E-state index contributed by atoms with van der Waals surface area (Å²) in [5, 5.41) is 7.54. The maximum absolute atomic E-state index is 2.64. The quantitative estimate of drug-likeness (QED) is 0.148. The molecule has 0 fully saturated rings. The van der Waals surface area contributed by atoms with Crippen molar-refractivity contribution in [1.29, 1.82) is 0 Å². The average Bonchev–Trinajstić information content (AvgIpc) is 0.815. The van der Waals surface area contributed by atoms with Crippen LogP contribution in [-0.4, -0.2) is 20.4 Å². The SMILES string of the molecule is CC(C)(C)c1ccc2c(c1)c1cc(C(C)(C)C)ccc1n2-c1ccc2c(c1)N(c1ccc(-c3ccccc3)cc1)c1cc(-n3c4ccccc4c4ccccc43)cc3c1B2c1ccc(-n2c4ccc(C(C)(C)C)cc4c4cc(C(C)(C)C)ccc42)cc1N3c1ccc(-c2ccc3c(c2)C(C)(C)CCC3(C)C)cc1. The summed E-state index contributed by atoms with van der Waals surface area (Å²) in [5.74, 6) is 0. The minimum Gasteiger partial charge on any atom is -0.311 e. The summed E-state index contributed by atoms with van der Waals surface area (Å²) in [6, 6.07) is 104. The number of fused-ring (bicyclic) bond motifs is 14. The van der Waals surface area contributed by atoms with Gasteiger partial charge in [0.1, 0.15) is 0 Å².